The second kappa shape index (κ2) is 8.66. The summed E-state index contributed by atoms with van der Waals surface area (Å²) < 4.78 is 0. The van der Waals surface area contributed by atoms with E-state index in [4.69, 9.17) is 0 Å². The maximum Gasteiger partial charge on any atom is 0.0542 e. The molecule has 2 N–H and O–H groups in total. The molecule has 0 saturated carbocycles. The molecule has 0 bridgehead atoms. The normalized spacial score (nSPS) is 9.14. The Morgan fingerprint density at radius 1 is 1.29 bits per heavy atom. The summed E-state index contributed by atoms with van der Waals surface area (Å²) in [5.41, 5.74) is 2.28. The Kier molecular flexibility index (Phi) is 8.08. The minimum absolute atomic E-state index is 0.815. The highest BCUT2D eigenvalue weighted by Gasteiger charge is 1.91. The number of aromatic nitrogens is 1. The molecule has 1 aromatic heterocycles. The van der Waals surface area contributed by atoms with Crippen LogP contribution in [0.4, 0.5) is 0 Å². The fraction of sp³-hybridized carbons (Fsp3) is 0.545. The summed E-state index contributed by atoms with van der Waals surface area (Å²) in [6, 6.07) is 4.11. The van der Waals surface area contributed by atoms with E-state index in [1.165, 1.54) is 5.56 Å². The van der Waals surface area contributed by atoms with Crippen LogP contribution in [-0.2, 0) is 6.54 Å². The number of pyridine rings is 1. The molecule has 1 aromatic rings. The Bertz CT molecular complexity index is 218. The van der Waals surface area contributed by atoms with Crippen molar-refractivity contribution in [3.63, 3.8) is 0 Å². The molecule has 0 amide bonds. The average Bonchev–Trinajstić information content (AvgIpc) is 2.24. The summed E-state index contributed by atoms with van der Waals surface area (Å²) in [7, 11) is 1.91. The number of hydrogen-bond donors (Lipinski definition) is 2. The molecular formula is C11H21N3. The van der Waals surface area contributed by atoms with Crippen molar-refractivity contribution in [2.45, 2.75) is 27.3 Å². The molecule has 1 rings (SSSR count). The fourth-order valence-electron chi connectivity index (χ4n) is 0.919. The highest BCUT2D eigenvalue weighted by molar-refractivity contribution is 5.11. The van der Waals surface area contributed by atoms with Crippen molar-refractivity contribution in [1.29, 1.82) is 0 Å². The topological polar surface area (TPSA) is 37.0 Å². The summed E-state index contributed by atoms with van der Waals surface area (Å²) >= 11 is 0. The average molecular weight is 195 g/mol. The van der Waals surface area contributed by atoms with E-state index < -0.39 is 0 Å². The first-order valence-electron chi connectivity index (χ1n) is 5.10. The number of aryl methyl sites for hydroxylation is 1. The predicted octanol–water partition coefficient (Wildman–Crippen LogP) is 1.68. The van der Waals surface area contributed by atoms with E-state index >= 15 is 0 Å². The minimum atomic E-state index is 0.815. The number of nitrogens with one attached hydrogen (secondary N) is 2. The first-order chi connectivity index (χ1) is 6.83. The molecule has 14 heavy (non-hydrogen) atoms. The molecule has 0 atom stereocenters. The highest BCUT2D eigenvalue weighted by atomic mass is 15.0. The Morgan fingerprint density at radius 2 is 2.00 bits per heavy atom. The van der Waals surface area contributed by atoms with Crippen LogP contribution in [0.3, 0.4) is 0 Å². The largest absolute Gasteiger partial charge is 0.308 e. The van der Waals surface area contributed by atoms with Gasteiger partial charge < -0.3 is 5.32 Å². The summed E-state index contributed by atoms with van der Waals surface area (Å²) in [6.45, 7) is 7.68. The van der Waals surface area contributed by atoms with Gasteiger partial charge in [0, 0.05) is 19.4 Å². The molecule has 0 aromatic carbocycles. The van der Waals surface area contributed by atoms with Gasteiger partial charge in [0.15, 0.2) is 0 Å². The third kappa shape index (κ3) is 5.67. The molecule has 0 aliphatic rings. The first-order valence-corrected chi connectivity index (χ1v) is 5.10. The summed E-state index contributed by atoms with van der Waals surface area (Å²) in [4.78, 5) is 4.26. The maximum atomic E-state index is 4.26. The second-order valence-corrected chi connectivity index (χ2v) is 2.78. The van der Waals surface area contributed by atoms with Crippen molar-refractivity contribution in [2.24, 2.45) is 0 Å². The van der Waals surface area contributed by atoms with Gasteiger partial charge in [0.25, 0.3) is 0 Å². The van der Waals surface area contributed by atoms with E-state index in [1.54, 1.807) is 0 Å². The van der Waals surface area contributed by atoms with Crippen molar-refractivity contribution < 1.29 is 0 Å². The van der Waals surface area contributed by atoms with Crippen molar-refractivity contribution >= 4 is 0 Å². The number of rotatable bonds is 4. The van der Waals surface area contributed by atoms with Crippen molar-refractivity contribution in [1.82, 2.24) is 15.6 Å². The Labute approximate surface area is 86.9 Å². The fourth-order valence-corrected chi connectivity index (χ4v) is 0.919. The predicted molar refractivity (Wildman–Crippen MR) is 61.1 cm³/mol. The lowest BCUT2D eigenvalue weighted by Gasteiger charge is -2.02. The maximum absolute atomic E-state index is 4.26. The SMILES string of the molecule is CC.CNCNCc1ccc(C)cn1. The van der Waals surface area contributed by atoms with Gasteiger partial charge >= 0.3 is 0 Å². The van der Waals surface area contributed by atoms with Gasteiger partial charge in [-0.25, -0.2) is 0 Å². The van der Waals surface area contributed by atoms with Gasteiger partial charge in [-0.3, -0.25) is 10.3 Å². The third-order valence-electron chi connectivity index (χ3n) is 1.58. The van der Waals surface area contributed by atoms with Gasteiger partial charge in [0.2, 0.25) is 0 Å². The molecule has 3 nitrogen and oxygen atoms in total. The molecular weight excluding hydrogens is 174 g/mol. The zero-order valence-corrected chi connectivity index (χ0v) is 9.59. The van der Waals surface area contributed by atoms with Crippen molar-refractivity contribution in [2.75, 3.05) is 13.7 Å². The van der Waals surface area contributed by atoms with E-state index in [-0.39, 0.29) is 0 Å². The highest BCUT2D eigenvalue weighted by Crippen LogP contribution is 1.97. The Balaban J connectivity index is 0.000000791. The summed E-state index contributed by atoms with van der Waals surface area (Å²) in [5, 5.41) is 6.21. The van der Waals surface area contributed by atoms with E-state index in [0.717, 1.165) is 18.9 Å². The lowest BCUT2D eigenvalue weighted by atomic mass is 10.3. The van der Waals surface area contributed by atoms with Gasteiger partial charge in [-0.15, -0.1) is 0 Å². The van der Waals surface area contributed by atoms with Crippen LogP contribution < -0.4 is 10.6 Å². The third-order valence-corrected chi connectivity index (χ3v) is 1.58. The lowest BCUT2D eigenvalue weighted by molar-refractivity contribution is 0.623. The van der Waals surface area contributed by atoms with Gasteiger partial charge in [0.1, 0.15) is 0 Å². The van der Waals surface area contributed by atoms with Gasteiger partial charge in [-0.2, -0.15) is 0 Å². The molecule has 1 heterocycles. The lowest BCUT2D eigenvalue weighted by Crippen LogP contribution is -2.25. The van der Waals surface area contributed by atoms with Crippen LogP contribution in [0.25, 0.3) is 0 Å². The molecule has 0 fully saturated rings. The number of nitrogens with zero attached hydrogens (tertiary/aromatic N) is 1. The summed E-state index contributed by atoms with van der Waals surface area (Å²) in [5.74, 6) is 0. The van der Waals surface area contributed by atoms with Crippen LogP contribution >= 0.6 is 0 Å². The van der Waals surface area contributed by atoms with E-state index in [0.29, 0.717) is 0 Å². The van der Waals surface area contributed by atoms with Crippen LogP contribution in [0, 0.1) is 6.92 Å². The van der Waals surface area contributed by atoms with Crippen LogP contribution in [0.2, 0.25) is 0 Å². The first kappa shape index (κ1) is 13.1. The van der Waals surface area contributed by atoms with Crippen molar-refractivity contribution in [3.05, 3.63) is 29.6 Å². The second-order valence-electron chi connectivity index (χ2n) is 2.78. The molecule has 0 aliphatic carbocycles. The van der Waals surface area contributed by atoms with Crippen LogP contribution in [0.5, 0.6) is 0 Å². The molecule has 80 valence electrons. The molecule has 0 unspecified atom stereocenters. The molecule has 3 heteroatoms. The minimum Gasteiger partial charge on any atom is -0.308 e. The van der Waals surface area contributed by atoms with Crippen molar-refractivity contribution in [3.8, 4) is 0 Å². The monoisotopic (exact) mass is 195 g/mol. The molecule has 0 radical (unpaired) electrons. The van der Waals surface area contributed by atoms with E-state index in [9.17, 15) is 0 Å². The van der Waals surface area contributed by atoms with E-state index in [1.807, 2.05) is 40.1 Å². The Morgan fingerprint density at radius 3 is 2.50 bits per heavy atom. The zero-order valence-electron chi connectivity index (χ0n) is 9.59. The quantitative estimate of drug-likeness (QED) is 0.567. The van der Waals surface area contributed by atoms with Crippen LogP contribution in [-0.4, -0.2) is 18.7 Å². The van der Waals surface area contributed by atoms with Gasteiger partial charge in [-0.1, -0.05) is 19.9 Å². The Hall–Kier alpha value is -0.930. The van der Waals surface area contributed by atoms with Gasteiger partial charge in [0.05, 0.1) is 5.69 Å². The zero-order chi connectivity index (χ0) is 10.8. The standard InChI is InChI=1S/C9H15N3.C2H6/c1-8-3-4-9(12-5-8)6-11-7-10-2;1-2/h3-5,10-11H,6-7H2,1-2H3;1-2H3. The van der Waals surface area contributed by atoms with E-state index in [2.05, 4.69) is 21.7 Å². The molecule has 0 spiro atoms. The van der Waals surface area contributed by atoms with Crippen LogP contribution in [0.15, 0.2) is 18.3 Å². The smallest absolute Gasteiger partial charge is 0.0542 e. The van der Waals surface area contributed by atoms with Crippen LogP contribution in [0.1, 0.15) is 25.1 Å². The molecule has 0 aliphatic heterocycles. The summed E-state index contributed by atoms with van der Waals surface area (Å²) in [6.07, 6.45) is 1.89. The molecule has 0 saturated heterocycles. The number of hydrogen-bond acceptors (Lipinski definition) is 3. The van der Waals surface area contributed by atoms with Gasteiger partial charge in [-0.05, 0) is 25.6 Å².